The summed E-state index contributed by atoms with van der Waals surface area (Å²) in [5.41, 5.74) is 1.08. The van der Waals surface area contributed by atoms with Crippen molar-refractivity contribution in [2.45, 2.75) is 39.3 Å². The maximum Gasteiger partial charge on any atom is 0.193 e. The minimum Gasteiger partial charge on any atom is -0.465 e. The second-order valence-corrected chi connectivity index (χ2v) is 7.91. The third-order valence-electron chi connectivity index (χ3n) is 4.76. The van der Waals surface area contributed by atoms with Crippen molar-refractivity contribution in [1.82, 2.24) is 20.1 Å². The van der Waals surface area contributed by atoms with Gasteiger partial charge in [0, 0.05) is 26.0 Å². The van der Waals surface area contributed by atoms with Gasteiger partial charge in [-0.05, 0) is 51.9 Å². The fraction of sp³-hybridized carbons (Fsp3) is 0.579. The average Bonchev–Trinajstić information content (AvgIpc) is 3.35. The summed E-state index contributed by atoms with van der Waals surface area (Å²) in [6, 6.07) is 4.38. The number of aromatic nitrogens is 1. The number of halogens is 1. The highest BCUT2D eigenvalue weighted by Gasteiger charge is 2.26. The summed E-state index contributed by atoms with van der Waals surface area (Å²) >= 11 is 1.68. The number of hydrogen-bond acceptors (Lipinski definition) is 5. The van der Waals surface area contributed by atoms with Crippen LogP contribution in [0.5, 0.6) is 0 Å². The van der Waals surface area contributed by atoms with Crippen LogP contribution < -0.4 is 5.32 Å². The van der Waals surface area contributed by atoms with Crippen LogP contribution in [0.3, 0.4) is 0 Å². The summed E-state index contributed by atoms with van der Waals surface area (Å²) in [4.78, 5) is 13.6. The van der Waals surface area contributed by atoms with E-state index in [1.165, 1.54) is 12.8 Å². The molecule has 1 unspecified atom stereocenters. The Balaban J connectivity index is 0.00000261. The zero-order chi connectivity index (χ0) is 18.5. The zero-order valence-corrected chi connectivity index (χ0v) is 19.7. The van der Waals surface area contributed by atoms with Gasteiger partial charge in [0.2, 0.25) is 0 Å². The number of hydrogen-bond donors (Lipinski definition) is 1. The number of aryl methyl sites for hydroxylation is 2. The van der Waals surface area contributed by atoms with Crippen molar-refractivity contribution in [3.8, 4) is 0 Å². The normalized spacial score (nSPS) is 16.2. The molecular formula is C19H30IN5OS. The van der Waals surface area contributed by atoms with E-state index < -0.39 is 0 Å². The van der Waals surface area contributed by atoms with Gasteiger partial charge in [-0.15, -0.1) is 35.3 Å². The largest absolute Gasteiger partial charge is 0.465 e. The number of furan rings is 1. The van der Waals surface area contributed by atoms with Gasteiger partial charge in [0.25, 0.3) is 0 Å². The Bertz CT molecular complexity index is 738. The predicted molar refractivity (Wildman–Crippen MR) is 122 cm³/mol. The van der Waals surface area contributed by atoms with Gasteiger partial charge in [0.1, 0.15) is 11.5 Å². The summed E-state index contributed by atoms with van der Waals surface area (Å²) in [5.74, 6) is 2.87. The fourth-order valence-corrected chi connectivity index (χ4v) is 4.07. The van der Waals surface area contributed by atoms with Crippen molar-refractivity contribution in [3.05, 3.63) is 39.7 Å². The van der Waals surface area contributed by atoms with E-state index >= 15 is 0 Å². The summed E-state index contributed by atoms with van der Waals surface area (Å²) in [6.45, 7) is 7.81. The lowest BCUT2D eigenvalue weighted by Gasteiger charge is -2.28. The lowest BCUT2D eigenvalue weighted by Crippen LogP contribution is -2.43. The van der Waals surface area contributed by atoms with Crippen molar-refractivity contribution < 1.29 is 4.42 Å². The van der Waals surface area contributed by atoms with Crippen LogP contribution in [0, 0.1) is 13.8 Å². The van der Waals surface area contributed by atoms with Crippen molar-refractivity contribution in [2.24, 2.45) is 4.99 Å². The molecule has 150 valence electrons. The van der Waals surface area contributed by atoms with Gasteiger partial charge < -0.3 is 14.6 Å². The second-order valence-electron chi connectivity index (χ2n) is 6.85. The number of thiazole rings is 1. The number of guanidine groups is 1. The van der Waals surface area contributed by atoms with E-state index in [0.717, 1.165) is 54.4 Å². The molecule has 0 aliphatic carbocycles. The van der Waals surface area contributed by atoms with E-state index in [9.17, 15) is 0 Å². The van der Waals surface area contributed by atoms with Crippen LogP contribution in [0.2, 0.25) is 0 Å². The number of nitrogens with one attached hydrogen (secondary N) is 1. The number of likely N-dealkylation sites (tertiary alicyclic amines) is 1. The Morgan fingerprint density at radius 2 is 2.11 bits per heavy atom. The molecule has 27 heavy (non-hydrogen) atoms. The molecule has 1 N–H and O–H groups in total. The maximum absolute atomic E-state index is 5.94. The molecule has 0 spiro atoms. The lowest BCUT2D eigenvalue weighted by atomic mass is 10.2. The van der Waals surface area contributed by atoms with Gasteiger partial charge in [-0.2, -0.15) is 0 Å². The molecule has 2 aromatic heterocycles. The van der Waals surface area contributed by atoms with E-state index in [2.05, 4.69) is 36.5 Å². The van der Waals surface area contributed by atoms with Gasteiger partial charge >= 0.3 is 0 Å². The van der Waals surface area contributed by atoms with Gasteiger partial charge in [0.15, 0.2) is 5.96 Å². The SMILES string of the molecule is CN=C(NCC(c1ccc(C)o1)N1CCCC1)N(C)Cc1csc(C)n1.I. The Kier molecular flexibility index (Phi) is 8.56. The molecule has 2 aromatic rings. The van der Waals surface area contributed by atoms with E-state index in [-0.39, 0.29) is 30.0 Å². The molecular weight excluding hydrogens is 473 g/mol. The van der Waals surface area contributed by atoms with Crippen LogP contribution in [0.25, 0.3) is 0 Å². The quantitative estimate of drug-likeness (QED) is 0.369. The standard InChI is InChI=1S/C19H29N5OS.HI/c1-14-7-8-18(25-14)17(24-9-5-6-10-24)11-21-19(20-3)23(4)12-16-13-26-15(2)22-16;/h7-8,13,17H,5-6,9-12H2,1-4H3,(H,20,21);1H. The van der Waals surface area contributed by atoms with Gasteiger partial charge in [-0.1, -0.05) is 0 Å². The van der Waals surface area contributed by atoms with E-state index in [1.807, 2.05) is 34.0 Å². The first kappa shape index (κ1) is 22.2. The Hall–Kier alpha value is -1.13. The molecule has 6 nitrogen and oxygen atoms in total. The first-order chi connectivity index (χ1) is 12.6. The highest BCUT2D eigenvalue weighted by molar-refractivity contribution is 14.0. The number of nitrogens with zero attached hydrogens (tertiary/aromatic N) is 4. The third kappa shape index (κ3) is 5.92. The van der Waals surface area contributed by atoms with E-state index in [0.29, 0.717) is 0 Å². The Labute approximate surface area is 183 Å². The minimum absolute atomic E-state index is 0. The lowest BCUT2D eigenvalue weighted by molar-refractivity contribution is 0.212. The van der Waals surface area contributed by atoms with Crippen LogP contribution in [-0.4, -0.2) is 54.5 Å². The van der Waals surface area contributed by atoms with Gasteiger partial charge in [0.05, 0.1) is 23.3 Å². The zero-order valence-electron chi connectivity index (χ0n) is 16.6. The van der Waals surface area contributed by atoms with Gasteiger partial charge in [-0.25, -0.2) is 4.98 Å². The molecule has 1 aliphatic rings. The monoisotopic (exact) mass is 503 g/mol. The molecule has 1 aliphatic heterocycles. The average molecular weight is 503 g/mol. The molecule has 3 heterocycles. The molecule has 8 heteroatoms. The van der Waals surface area contributed by atoms with Crippen LogP contribution in [0.1, 0.15) is 41.1 Å². The number of rotatable bonds is 6. The first-order valence-corrected chi connectivity index (χ1v) is 10.1. The Morgan fingerprint density at radius 1 is 1.37 bits per heavy atom. The summed E-state index contributed by atoms with van der Waals surface area (Å²) < 4.78 is 5.94. The third-order valence-corrected chi connectivity index (χ3v) is 5.59. The maximum atomic E-state index is 5.94. The highest BCUT2D eigenvalue weighted by Crippen LogP contribution is 2.26. The summed E-state index contributed by atoms with van der Waals surface area (Å²) in [7, 11) is 3.87. The first-order valence-electron chi connectivity index (χ1n) is 9.20. The minimum atomic E-state index is 0. The highest BCUT2D eigenvalue weighted by atomic mass is 127. The smallest absolute Gasteiger partial charge is 0.193 e. The molecule has 0 aromatic carbocycles. The van der Waals surface area contributed by atoms with Crippen LogP contribution in [0.4, 0.5) is 0 Å². The van der Waals surface area contributed by atoms with Gasteiger partial charge in [-0.3, -0.25) is 9.89 Å². The second kappa shape index (κ2) is 10.4. The van der Waals surface area contributed by atoms with Crippen LogP contribution >= 0.6 is 35.3 Å². The Morgan fingerprint density at radius 3 is 2.67 bits per heavy atom. The van der Waals surface area contributed by atoms with Crippen molar-refractivity contribution >= 4 is 41.3 Å². The van der Waals surface area contributed by atoms with Crippen LogP contribution in [-0.2, 0) is 6.54 Å². The molecule has 0 saturated carbocycles. The molecule has 1 saturated heterocycles. The number of aliphatic imine (C=N–C) groups is 1. The van der Waals surface area contributed by atoms with Crippen molar-refractivity contribution in [3.63, 3.8) is 0 Å². The van der Waals surface area contributed by atoms with Crippen LogP contribution in [0.15, 0.2) is 26.9 Å². The molecule has 3 rings (SSSR count). The summed E-state index contributed by atoms with van der Waals surface area (Å²) in [6.07, 6.45) is 2.52. The molecule has 1 fully saturated rings. The van der Waals surface area contributed by atoms with E-state index in [4.69, 9.17) is 4.42 Å². The molecule has 0 bridgehead atoms. The topological polar surface area (TPSA) is 56.9 Å². The van der Waals surface area contributed by atoms with Crippen molar-refractivity contribution in [2.75, 3.05) is 33.7 Å². The fourth-order valence-electron chi connectivity index (χ4n) is 3.47. The molecule has 0 amide bonds. The predicted octanol–water partition coefficient (Wildman–Crippen LogP) is 3.82. The summed E-state index contributed by atoms with van der Waals surface area (Å²) in [5, 5.41) is 6.74. The molecule has 0 radical (unpaired) electrons. The van der Waals surface area contributed by atoms with E-state index in [1.54, 1.807) is 11.3 Å². The molecule has 1 atom stereocenters. The van der Waals surface area contributed by atoms with Crippen molar-refractivity contribution in [1.29, 1.82) is 0 Å².